The van der Waals surface area contributed by atoms with Crippen molar-refractivity contribution in [2.75, 3.05) is 32.7 Å². The van der Waals surface area contributed by atoms with E-state index < -0.39 is 0 Å². The molecule has 2 aromatic rings. The van der Waals surface area contributed by atoms with Crippen LogP contribution in [-0.2, 0) is 4.79 Å². The minimum Gasteiger partial charge on any atom is -0.340 e. The van der Waals surface area contributed by atoms with E-state index in [0.717, 1.165) is 43.6 Å². The van der Waals surface area contributed by atoms with Crippen LogP contribution in [0.4, 0.5) is 0 Å². The molecule has 1 aliphatic rings. The lowest BCUT2D eigenvalue weighted by Crippen LogP contribution is -2.48. The summed E-state index contributed by atoms with van der Waals surface area (Å²) >= 11 is 0. The van der Waals surface area contributed by atoms with Gasteiger partial charge in [-0.2, -0.15) is 0 Å². The number of carbonyl (C=O) groups excluding carboxylic acids is 2. The van der Waals surface area contributed by atoms with E-state index in [1.165, 1.54) is 0 Å². The standard InChI is InChI=1S/C18H23N3O2/c1-2-19-11-13-20(14-12-19)17(22)7-8-18(23)21-10-9-15-5-3-4-6-16(15)21/h3-6,9-10H,2,7-8,11-14H2,1H3. The number of fused-ring (bicyclic) bond motifs is 1. The third-order valence-electron chi connectivity index (χ3n) is 4.59. The highest BCUT2D eigenvalue weighted by atomic mass is 16.2. The van der Waals surface area contributed by atoms with E-state index in [4.69, 9.17) is 0 Å². The first-order valence-electron chi connectivity index (χ1n) is 8.28. The maximum Gasteiger partial charge on any atom is 0.231 e. The fraction of sp³-hybridized carbons (Fsp3) is 0.444. The van der Waals surface area contributed by atoms with E-state index in [2.05, 4.69) is 11.8 Å². The summed E-state index contributed by atoms with van der Waals surface area (Å²) in [6.45, 7) is 6.57. The Bertz CT molecular complexity index is 699. The predicted octanol–water partition coefficient (Wildman–Crippen LogP) is 2.23. The second-order valence-electron chi connectivity index (χ2n) is 5.95. The number of aromatic nitrogens is 1. The fourth-order valence-electron chi connectivity index (χ4n) is 3.11. The third-order valence-corrected chi connectivity index (χ3v) is 4.59. The van der Waals surface area contributed by atoms with Gasteiger partial charge in [0.05, 0.1) is 5.52 Å². The molecule has 0 saturated carbocycles. The molecule has 0 spiro atoms. The highest BCUT2D eigenvalue weighted by molar-refractivity contribution is 5.93. The maximum absolute atomic E-state index is 12.4. The van der Waals surface area contributed by atoms with E-state index >= 15 is 0 Å². The summed E-state index contributed by atoms with van der Waals surface area (Å²) < 4.78 is 1.65. The van der Waals surface area contributed by atoms with Gasteiger partial charge < -0.3 is 9.80 Å². The SMILES string of the molecule is CCN1CCN(C(=O)CCC(=O)n2ccc3ccccc32)CC1. The van der Waals surface area contributed by atoms with Crippen molar-refractivity contribution in [1.82, 2.24) is 14.4 Å². The number of amides is 1. The lowest BCUT2D eigenvalue weighted by Gasteiger charge is -2.34. The topological polar surface area (TPSA) is 45.6 Å². The molecular formula is C18H23N3O2. The molecular weight excluding hydrogens is 290 g/mol. The van der Waals surface area contributed by atoms with Crippen molar-refractivity contribution in [3.8, 4) is 0 Å². The number of hydrogen-bond acceptors (Lipinski definition) is 3. The number of benzene rings is 1. The lowest BCUT2D eigenvalue weighted by atomic mass is 10.2. The van der Waals surface area contributed by atoms with Gasteiger partial charge in [0, 0.05) is 50.6 Å². The van der Waals surface area contributed by atoms with Crippen molar-refractivity contribution in [2.45, 2.75) is 19.8 Å². The molecule has 1 fully saturated rings. The van der Waals surface area contributed by atoms with Crippen LogP contribution in [0.25, 0.3) is 10.9 Å². The number of nitrogens with zero attached hydrogens (tertiary/aromatic N) is 3. The second-order valence-corrected chi connectivity index (χ2v) is 5.95. The Hall–Kier alpha value is -2.14. The summed E-state index contributed by atoms with van der Waals surface area (Å²) in [5.41, 5.74) is 0.904. The van der Waals surface area contributed by atoms with Gasteiger partial charge in [-0.3, -0.25) is 14.2 Å². The van der Waals surface area contributed by atoms with Crippen LogP contribution in [0.2, 0.25) is 0 Å². The van der Waals surface area contributed by atoms with E-state index in [1.54, 1.807) is 10.8 Å². The molecule has 1 aliphatic heterocycles. The molecule has 0 bridgehead atoms. The zero-order chi connectivity index (χ0) is 16.2. The van der Waals surface area contributed by atoms with Gasteiger partial charge in [-0.1, -0.05) is 25.1 Å². The van der Waals surface area contributed by atoms with Gasteiger partial charge >= 0.3 is 0 Å². The quantitative estimate of drug-likeness (QED) is 0.869. The molecule has 2 heterocycles. The van der Waals surface area contributed by atoms with Crippen LogP contribution in [0.3, 0.4) is 0 Å². The molecule has 1 aromatic carbocycles. The van der Waals surface area contributed by atoms with Crippen molar-refractivity contribution in [2.24, 2.45) is 0 Å². The first-order valence-corrected chi connectivity index (χ1v) is 8.28. The van der Waals surface area contributed by atoms with E-state index in [-0.39, 0.29) is 24.7 Å². The summed E-state index contributed by atoms with van der Waals surface area (Å²) in [6.07, 6.45) is 2.33. The maximum atomic E-state index is 12.4. The van der Waals surface area contributed by atoms with Crippen LogP contribution in [0, 0.1) is 0 Å². The van der Waals surface area contributed by atoms with Crippen molar-refractivity contribution in [1.29, 1.82) is 0 Å². The number of likely N-dealkylation sites (N-methyl/N-ethyl adjacent to an activating group) is 1. The number of carbonyl (C=O) groups is 2. The molecule has 0 unspecified atom stereocenters. The molecule has 1 amide bonds. The van der Waals surface area contributed by atoms with E-state index in [0.29, 0.717) is 0 Å². The predicted molar refractivity (Wildman–Crippen MR) is 90.5 cm³/mol. The Labute approximate surface area is 136 Å². The number of rotatable bonds is 4. The van der Waals surface area contributed by atoms with Crippen LogP contribution < -0.4 is 0 Å². The van der Waals surface area contributed by atoms with Crippen molar-refractivity contribution >= 4 is 22.7 Å². The Morgan fingerprint density at radius 2 is 1.65 bits per heavy atom. The van der Waals surface area contributed by atoms with Gasteiger partial charge in [-0.15, -0.1) is 0 Å². The molecule has 5 heteroatoms. The smallest absolute Gasteiger partial charge is 0.231 e. The molecule has 0 atom stereocenters. The highest BCUT2D eigenvalue weighted by Crippen LogP contribution is 2.16. The first kappa shape index (κ1) is 15.7. The average molecular weight is 313 g/mol. The van der Waals surface area contributed by atoms with Gasteiger partial charge in [0.1, 0.15) is 0 Å². The molecule has 122 valence electrons. The van der Waals surface area contributed by atoms with Crippen molar-refractivity contribution in [3.05, 3.63) is 36.5 Å². The summed E-state index contributed by atoms with van der Waals surface area (Å²) in [5.74, 6) is 0.0670. The van der Waals surface area contributed by atoms with E-state index in [9.17, 15) is 9.59 Å². The van der Waals surface area contributed by atoms with Crippen LogP contribution in [-0.4, -0.2) is 58.9 Å². The summed E-state index contributed by atoms with van der Waals surface area (Å²) in [4.78, 5) is 28.9. The summed E-state index contributed by atoms with van der Waals surface area (Å²) in [5, 5.41) is 1.04. The molecule has 1 aromatic heterocycles. The molecule has 1 saturated heterocycles. The van der Waals surface area contributed by atoms with Gasteiger partial charge in [0.2, 0.25) is 11.8 Å². The molecule has 0 N–H and O–H groups in total. The molecule has 0 radical (unpaired) electrons. The Balaban J connectivity index is 1.56. The first-order chi connectivity index (χ1) is 11.2. The van der Waals surface area contributed by atoms with Crippen LogP contribution in [0.1, 0.15) is 24.6 Å². The highest BCUT2D eigenvalue weighted by Gasteiger charge is 2.21. The minimum atomic E-state index is -0.0215. The molecule has 23 heavy (non-hydrogen) atoms. The monoisotopic (exact) mass is 313 g/mol. The van der Waals surface area contributed by atoms with Crippen LogP contribution in [0.5, 0.6) is 0 Å². The zero-order valence-corrected chi connectivity index (χ0v) is 13.6. The van der Waals surface area contributed by atoms with Crippen LogP contribution >= 0.6 is 0 Å². The van der Waals surface area contributed by atoms with Gasteiger partial charge in [0.15, 0.2) is 0 Å². The van der Waals surface area contributed by atoms with Gasteiger partial charge in [-0.05, 0) is 18.7 Å². The Morgan fingerprint density at radius 1 is 0.957 bits per heavy atom. The number of para-hydroxylation sites is 1. The Kier molecular flexibility index (Phi) is 4.76. The third kappa shape index (κ3) is 3.45. The minimum absolute atomic E-state index is 0.0215. The largest absolute Gasteiger partial charge is 0.340 e. The summed E-state index contributed by atoms with van der Waals surface area (Å²) in [7, 11) is 0. The fourth-order valence-corrected chi connectivity index (χ4v) is 3.11. The number of piperazine rings is 1. The molecule has 5 nitrogen and oxygen atoms in total. The van der Waals surface area contributed by atoms with E-state index in [1.807, 2.05) is 35.2 Å². The van der Waals surface area contributed by atoms with Crippen molar-refractivity contribution < 1.29 is 9.59 Å². The molecule has 3 rings (SSSR count). The normalized spacial score (nSPS) is 16.0. The zero-order valence-electron chi connectivity index (χ0n) is 13.6. The van der Waals surface area contributed by atoms with Gasteiger partial charge in [-0.25, -0.2) is 0 Å². The van der Waals surface area contributed by atoms with Gasteiger partial charge in [0.25, 0.3) is 0 Å². The summed E-state index contributed by atoms with van der Waals surface area (Å²) in [6, 6.07) is 9.72. The lowest BCUT2D eigenvalue weighted by molar-refractivity contribution is -0.132. The Morgan fingerprint density at radius 3 is 2.39 bits per heavy atom. The van der Waals surface area contributed by atoms with Crippen LogP contribution in [0.15, 0.2) is 36.5 Å². The average Bonchev–Trinajstić information content (AvgIpc) is 3.03. The molecule has 0 aliphatic carbocycles. The number of hydrogen-bond donors (Lipinski definition) is 0. The second kappa shape index (κ2) is 6.96. The van der Waals surface area contributed by atoms with Crippen molar-refractivity contribution in [3.63, 3.8) is 0 Å².